The molecular weight excluding hydrogens is 208 g/mol. The van der Waals surface area contributed by atoms with Crippen molar-refractivity contribution in [3.05, 3.63) is 54.9 Å². The molecule has 0 amide bonds. The Hall–Kier alpha value is -2.35. The smallest absolute Gasteiger partial charge is 0.174 e. The highest BCUT2D eigenvalue weighted by Crippen LogP contribution is 2.32. The van der Waals surface area contributed by atoms with Gasteiger partial charge in [-0.3, -0.25) is 0 Å². The van der Waals surface area contributed by atoms with Crippen LogP contribution >= 0.6 is 0 Å². The van der Waals surface area contributed by atoms with Crippen LogP contribution in [-0.4, -0.2) is 9.97 Å². The van der Waals surface area contributed by atoms with E-state index >= 15 is 0 Å². The summed E-state index contributed by atoms with van der Waals surface area (Å²) in [5.74, 6) is 0. The maximum atomic E-state index is 4.32. The molecule has 0 atom stereocenters. The van der Waals surface area contributed by atoms with Crippen LogP contribution in [0.2, 0.25) is 0 Å². The van der Waals surface area contributed by atoms with Crippen LogP contribution in [0.15, 0.2) is 48.5 Å². The molecule has 0 aliphatic heterocycles. The maximum absolute atomic E-state index is 4.32. The Bertz CT molecular complexity index is 773. The molecule has 1 radical (unpaired) electrons. The van der Waals surface area contributed by atoms with E-state index < -0.39 is 0 Å². The van der Waals surface area contributed by atoms with Crippen LogP contribution in [0.4, 0.5) is 0 Å². The number of hydrogen-bond donors (Lipinski definition) is 1. The minimum Gasteiger partial charge on any atom is -0.335 e. The van der Waals surface area contributed by atoms with Gasteiger partial charge < -0.3 is 4.98 Å². The fraction of sp³-hybridized carbons (Fsp3) is 0. The van der Waals surface area contributed by atoms with E-state index in [1.807, 2.05) is 6.07 Å². The van der Waals surface area contributed by atoms with Gasteiger partial charge in [0.15, 0.2) is 6.33 Å². The Balaban J connectivity index is 2.48. The molecule has 0 fully saturated rings. The first-order chi connectivity index (χ1) is 8.45. The fourth-order valence-corrected chi connectivity index (χ4v) is 2.51. The normalized spacial score (nSPS) is 11.5. The molecule has 17 heavy (non-hydrogen) atoms. The molecule has 0 unspecified atom stereocenters. The van der Waals surface area contributed by atoms with Gasteiger partial charge in [-0.2, -0.15) is 0 Å². The van der Waals surface area contributed by atoms with Crippen LogP contribution in [0.1, 0.15) is 0 Å². The molecule has 0 aliphatic rings. The monoisotopic (exact) mass is 217 g/mol. The van der Waals surface area contributed by atoms with Gasteiger partial charge in [0.25, 0.3) is 0 Å². The molecule has 0 spiro atoms. The molecule has 3 aromatic carbocycles. The summed E-state index contributed by atoms with van der Waals surface area (Å²) in [6, 6.07) is 16.8. The molecule has 0 aliphatic carbocycles. The first kappa shape index (κ1) is 8.76. The summed E-state index contributed by atoms with van der Waals surface area (Å²) in [4.78, 5) is 7.44. The molecule has 1 heterocycles. The second-order valence-electron chi connectivity index (χ2n) is 4.16. The molecule has 79 valence electrons. The Morgan fingerprint density at radius 1 is 0.765 bits per heavy atom. The first-order valence-electron chi connectivity index (χ1n) is 5.60. The van der Waals surface area contributed by atoms with Crippen LogP contribution in [0.3, 0.4) is 0 Å². The first-order valence-corrected chi connectivity index (χ1v) is 5.60. The highest BCUT2D eigenvalue weighted by Gasteiger charge is 2.08. The zero-order chi connectivity index (χ0) is 11.2. The summed E-state index contributed by atoms with van der Waals surface area (Å²) in [5, 5.41) is 4.89. The van der Waals surface area contributed by atoms with E-state index in [9.17, 15) is 0 Å². The van der Waals surface area contributed by atoms with E-state index in [1.54, 1.807) is 0 Å². The zero-order valence-electron chi connectivity index (χ0n) is 9.07. The quantitative estimate of drug-likeness (QED) is 0.447. The van der Waals surface area contributed by atoms with E-state index in [0.29, 0.717) is 0 Å². The number of aromatic amines is 1. The second kappa shape index (κ2) is 3.08. The van der Waals surface area contributed by atoms with Crippen LogP contribution in [0.5, 0.6) is 0 Å². The van der Waals surface area contributed by atoms with Gasteiger partial charge in [0.2, 0.25) is 0 Å². The van der Waals surface area contributed by atoms with Crippen molar-refractivity contribution < 1.29 is 0 Å². The van der Waals surface area contributed by atoms with Crippen molar-refractivity contribution in [3.8, 4) is 0 Å². The minimum absolute atomic E-state index is 0.999. The molecule has 0 bridgehead atoms. The Morgan fingerprint density at radius 3 is 2.12 bits per heavy atom. The predicted molar refractivity (Wildman–Crippen MR) is 69.9 cm³/mol. The summed E-state index contributed by atoms with van der Waals surface area (Å²) in [6.07, 6.45) is 2.85. The Kier molecular flexibility index (Phi) is 1.59. The van der Waals surface area contributed by atoms with Gasteiger partial charge in [-0.15, -0.1) is 0 Å². The Morgan fingerprint density at radius 2 is 1.35 bits per heavy atom. The van der Waals surface area contributed by atoms with Crippen molar-refractivity contribution in [2.45, 2.75) is 0 Å². The number of fused-ring (bicyclic) bond motifs is 6. The van der Waals surface area contributed by atoms with Gasteiger partial charge in [0, 0.05) is 10.8 Å². The lowest BCUT2D eigenvalue weighted by Gasteiger charge is -2.05. The van der Waals surface area contributed by atoms with Crippen molar-refractivity contribution in [1.29, 1.82) is 0 Å². The van der Waals surface area contributed by atoms with Crippen molar-refractivity contribution in [2.75, 3.05) is 0 Å². The van der Waals surface area contributed by atoms with Gasteiger partial charge in [0.05, 0.1) is 11.0 Å². The molecule has 4 rings (SSSR count). The topological polar surface area (TPSA) is 28.7 Å². The Labute approximate surface area is 97.9 Å². The van der Waals surface area contributed by atoms with E-state index in [4.69, 9.17) is 0 Å². The summed E-state index contributed by atoms with van der Waals surface area (Å²) in [7, 11) is 0. The fourth-order valence-electron chi connectivity index (χ4n) is 2.51. The van der Waals surface area contributed by atoms with Gasteiger partial charge in [-0.1, -0.05) is 48.5 Å². The van der Waals surface area contributed by atoms with Gasteiger partial charge >= 0.3 is 0 Å². The second-order valence-corrected chi connectivity index (χ2v) is 4.16. The number of benzene rings is 3. The lowest BCUT2D eigenvalue weighted by atomic mass is 10.0. The number of imidazole rings is 1. The molecule has 0 saturated carbocycles. The third-order valence-electron chi connectivity index (χ3n) is 3.25. The molecule has 1 aromatic heterocycles. The van der Waals surface area contributed by atoms with Crippen molar-refractivity contribution in [3.63, 3.8) is 0 Å². The van der Waals surface area contributed by atoms with Crippen molar-refractivity contribution >= 4 is 32.6 Å². The van der Waals surface area contributed by atoms with Crippen LogP contribution in [0, 0.1) is 6.33 Å². The predicted octanol–water partition coefficient (Wildman–Crippen LogP) is 3.67. The lowest BCUT2D eigenvalue weighted by Crippen LogP contribution is -1.81. The third-order valence-corrected chi connectivity index (χ3v) is 3.25. The molecule has 0 saturated heterocycles. The lowest BCUT2D eigenvalue weighted by molar-refractivity contribution is 1.32. The van der Waals surface area contributed by atoms with Crippen LogP contribution in [0.25, 0.3) is 32.6 Å². The highest BCUT2D eigenvalue weighted by molar-refractivity contribution is 6.22. The average Bonchev–Trinajstić information content (AvgIpc) is 2.89. The number of hydrogen-bond acceptors (Lipinski definition) is 1. The van der Waals surface area contributed by atoms with E-state index in [1.165, 1.54) is 21.5 Å². The summed E-state index contributed by atoms with van der Waals surface area (Å²) in [5.41, 5.74) is 2.07. The standard InChI is InChI=1S/C15H9N2/c1-3-7-12-10(5-1)11-6-2-4-8-13(11)15-14(12)16-9-17-15/h1-8H,(H,16,17). The van der Waals surface area contributed by atoms with Crippen LogP contribution < -0.4 is 0 Å². The molecule has 2 heteroatoms. The van der Waals surface area contributed by atoms with Crippen LogP contribution in [-0.2, 0) is 0 Å². The SMILES string of the molecule is [c]1nc2c3ccccc3c3ccccc3c2[nH]1. The summed E-state index contributed by atoms with van der Waals surface area (Å²) < 4.78 is 0. The third kappa shape index (κ3) is 1.07. The van der Waals surface area contributed by atoms with Crippen molar-refractivity contribution in [1.82, 2.24) is 9.97 Å². The maximum Gasteiger partial charge on any atom is 0.174 e. The summed E-state index contributed by atoms with van der Waals surface area (Å²) >= 11 is 0. The molecular formula is C15H9N2. The molecule has 4 aromatic rings. The summed E-state index contributed by atoms with van der Waals surface area (Å²) in [6.45, 7) is 0. The number of nitrogens with zero attached hydrogens (tertiary/aromatic N) is 1. The van der Waals surface area contributed by atoms with Gasteiger partial charge in [-0.05, 0) is 10.8 Å². The highest BCUT2D eigenvalue weighted by atomic mass is 14.9. The van der Waals surface area contributed by atoms with Crippen molar-refractivity contribution in [2.24, 2.45) is 0 Å². The largest absolute Gasteiger partial charge is 0.335 e. The average molecular weight is 217 g/mol. The zero-order valence-corrected chi connectivity index (χ0v) is 9.07. The molecule has 1 N–H and O–H groups in total. The van der Waals surface area contributed by atoms with Gasteiger partial charge in [-0.25, -0.2) is 4.98 Å². The molecule has 2 nitrogen and oxygen atoms in total. The number of aromatic nitrogens is 2. The van der Waals surface area contributed by atoms with E-state index in [-0.39, 0.29) is 0 Å². The minimum atomic E-state index is 0.999. The number of nitrogens with one attached hydrogen (secondary N) is 1. The van der Waals surface area contributed by atoms with E-state index in [0.717, 1.165) is 11.0 Å². The number of rotatable bonds is 0. The van der Waals surface area contributed by atoms with E-state index in [2.05, 4.69) is 58.8 Å². The van der Waals surface area contributed by atoms with Gasteiger partial charge in [0.1, 0.15) is 0 Å². The number of H-pyrrole nitrogens is 1.